The van der Waals surface area contributed by atoms with E-state index in [0.717, 1.165) is 30.5 Å². The van der Waals surface area contributed by atoms with E-state index >= 15 is 0 Å². The number of allylic oxidation sites excluding steroid dienone is 1. The first-order valence-corrected chi connectivity index (χ1v) is 5.07. The maximum absolute atomic E-state index is 9.50. The summed E-state index contributed by atoms with van der Waals surface area (Å²) >= 11 is 0. The van der Waals surface area contributed by atoms with Crippen molar-refractivity contribution in [2.75, 3.05) is 0 Å². The molecule has 1 N–H and O–H groups in total. The van der Waals surface area contributed by atoms with Crippen molar-refractivity contribution in [2.24, 2.45) is 0 Å². The molecule has 2 rings (SSSR count). The number of rotatable bonds is 1. The third-order valence-corrected chi connectivity index (χ3v) is 2.62. The summed E-state index contributed by atoms with van der Waals surface area (Å²) in [5.74, 6) is 0. The number of pyridine rings is 1. The van der Waals surface area contributed by atoms with Crippen LogP contribution in [0.1, 0.15) is 30.5 Å². The summed E-state index contributed by atoms with van der Waals surface area (Å²) in [5.41, 5.74) is 3.41. The van der Waals surface area contributed by atoms with Crippen molar-refractivity contribution in [3.05, 3.63) is 35.7 Å². The highest BCUT2D eigenvalue weighted by Gasteiger charge is 2.11. The van der Waals surface area contributed by atoms with Gasteiger partial charge in [-0.1, -0.05) is 12.1 Å². The van der Waals surface area contributed by atoms with Crippen LogP contribution in [0, 0.1) is 6.92 Å². The smallest absolute Gasteiger partial charge is 0.0726 e. The molecule has 0 spiro atoms. The van der Waals surface area contributed by atoms with Crippen LogP contribution in [0.4, 0.5) is 0 Å². The van der Waals surface area contributed by atoms with Crippen LogP contribution in [0.25, 0.3) is 5.57 Å². The highest BCUT2D eigenvalue weighted by atomic mass is 16.3. The van der Waals surface area contributed by atoms with E-state index < -0.39 is 0 Å². The lowest BCUT2D eigenvalue weighted by atomic mass is 9.93. The Bertz CT molecular complexity index is 340. The highest BCUT2D eigenvalue weighted by Crippen LogP contribution is 2.26. The zero-order chi connectivity index (χ0) is 9.97. The van der Waals surface area contributed by atoms with Crippen molar-refractivity contribution < 1.29 is 5.11 Å². The zero-order valence-corrected chi connectivity index (χ0v) is 8.40. The third kappa shape index (κ3) is 2.02. The Labute approximate surface area is 84.3 Å². The first kappa shape index (κ1) is 9.41. The molecule has 1 unspecified atom stereocenters. The number of aliphatic hydroxyl groups is 1. The summed E-state index contributed by atoms with van der Waals surface area (Å²) in [7, 11) is 0. The Kier molecular flexibility index (Phi) is 2.64. The standard InChI is InChI=1S/C12H15NO/c1-9-5-6-11(8-13-9)10-3-2-4-12(14)7-10/h5-8,12,14H,2-4H2,1H3. The van der Waals surface area contributed by atoms with Gasteiger partial charge in [-0.25, -0.2) is 0 Å². The summed E-state index contributed by atoms with van der Waals surface area (Å²) in [5, 5.41) is 9.50. The lowest BCUT2D eigenvalue weighted by Crippen LogP contribution is -2.08. The Hall–Kier alpha value is -1.15. The molecule has 0 amide bonds. The van der Waals surface area contributed by atoms with E-state index in [0.29, 0.717) is 0 Å². The molecule has 2 nitrogen and oxygen atoms in total. The van der Waals surface area contributed by atoms with Gasteiger partial charge in [-0.15, -0.1) is 0 Å². The number of hydrogen-bond donors (Lipinski definition) is 1. The van der Waals surface area contributed by atoms with Crippen LogP contribution >= 0.6 is 0 Å². The minimum Gasteiger partial charge on any atom is -0.389 e. The molecule has 0 aromatic carbocycles. The van der Waals surface area contributed by atoms with Gasteiger partial charge < -0.3 is 5.11 Å². The molecule has 74 valence electrons. The average Bonchev–Trinajstić information content (AvgIpc) is 2.19. The molecule has 2 heteroatoms. The first-order chi connectivity index (χ1) is 6.75. The number of aliphatic hydroxyl groups excluding tert-OH is 1. The molecule has 1 atom stereocenters. The van der Waals surface area contributed by atoms with Crippen molar-refractivity contribution in [1.29, 1.82) is 0 Å². The summed E-state index contributed by atoms with van der Waals surface area (Å²) in [4.78, 5) is 4.26. The van der Waals surface area contributed by atoms with E-state index in [2.05, 4.69) is 11.1 Å². The molecule has 1 aromatic rings. The lowest BCUT2D eigenvalue weighted by Gasteiger charge is -2.16. The molecule has 0 saturated carbocycles. The number of nitrogens with zero attached hydrogens (tertiary/aromatic N) is 1. The Morgan fingerprint density at radius 2 is 2.29 bits per heavy atom. The lowest BCUT2D eigenvalue weighted by molar-refractivity contribution is 0.206. The van der Waals surface area contributed by atoms with Gasteiger partial charge >= 0.3 is 0 Å². The van der Waals surface area contributed by atoms with Gasteiger partial charge in [-0.2, -0.15) is 0 Å². The number of aromatic nitrogens is 1. The van der Waals surface area contributed by atoms with Crippen LogP contribution in [-0.2, 0) is 0 Å². The van der Waals surface area contributed by atoms with Crippen molar-refractivity contribution >= 4 is 5.57 Å². The van der Waals surface area contributed by atoms with Crippen LogP contribution in [-0.4, -0.2) is 16.2 Å². The molecule has 0 fully saturated rings. The molecule has 0 radical (unpaired) electrons. The minimum absolute atomic E-state index is 0.264. The Morgan fingerprint density at radius 1 is 1.43 bits per heavy atom. The fourth-order valence-corrected chi connectivity index (χ4v) is 1.80. The van der Waals surface area contributed by atoms with Crippen molar-refractivity contribution in [1.82, 2.24) is 4.98 Å². The topological polar surface area (TPSA) is 33.1 Å². The number of aryl methyl sites for hydroxylation is 1. The van der Waals surface area contributed by atoms with Crippen LogP contribution in [0.2, 0.25) is 0 Å². The molecule has 0 saturated heterocycles. The van der Waals surface area contributed by atoms with Gasteiger partial charge in [-0.05, 0) is 43.4 Å². The van der Waals surface area contributed by atoms with Crippen LogP contribution in [0.3, 0.4) is 0 Å². The van der Waals surface area contributed by atoms with Crippen molar-refractivity contribution in [3.63, 3.8) is 0 Å². The molecule has 14 heavy (non-hydrogen) atoms. The number of hydrogen-bond acceptors (Lipinski definition) is 2. The predicted octanol–water partition coefficient (Wildman–Crippen LogP) is 2.32. The second-order valence-corrected chi connectivity index (χ2v) is 3.84. The van der Waals surface area contributed by atoms with E-state index in [1.807, 2.05) is 25.3 Å². The molecule has 1 heterocycles. The Balaban J connectivity index is 2.26. The maximum Gasteiger partial charge on any atom is 0.0726 e. The summed E-state index contributed by atoms with van der Waals surface area (Å²) in [6.45, 7) is 1.98. The third-order valence-electron chi connectivity index (χ3n) is 2.62. The van der Waals surface area contributed by atoms with Crippen LogP contribution < -0.4 is 0 Å². The van der Waals surface area contributed by atoms with Gasteiger partial charge in [-0.3, -0.25) is 4.98 Å². The Morgan fingerprint density at radius 3 is 2.93 bits per heavy atom. The molecular weight excluding hydrogens is 174 g/mol. The highest BCUT2D eigenvalue weighted by molar-refractivity contribution is 5.66. The second kappa shape index (κ2) is 3.93. The van der Waals surface area contributed by atoms with Crippen LogP contribution in [0.15, 0.2) is 24.4 Å². The minimum atomic E-state index is -0.264. The van der Waals surface area contributed by atoms with E-state index in [4.69, 9.17) is 0 Å². The molecular formula is C12H15NO. The zero-order valence-electron chi connectivity index (χ0n) is 8.40. The van der Waals surface area contributed by atoms with Crippen LogP contribution in [0.5, 0.6) is 0 Å². The fourth-order valence-electron chi connectivity index (χ4n) is 1.80. The summed E-state index contributed by atoms with van der Waals surface area (Å²) in [6.07, 6.45) is 6.60. The van der Waals surface area contributed by atoms with E-state index in [1.54, 1.807) is 0 Å². The van der Waals surface area contributed by atoms with E-state index in [9.17, 15) is 5.11 Å². The molecule has 1 aliphatic carbocycles. The second-order valence-electron chi connectivity index (χ2n) is 3.84. The van der Waals surface area contributed by atoms with Gasteiger partial charge in [0.2, 0.25) is 0 Å². The quantitative estimate of drug-likeness (QED) is 0.735. The first-order valence-electron chi connectivity index (χ1n) is 5.07. The fraction of sp³-hybridized carbons (Fsp3) is 0.417. The predicted molar refractivity (Wildman–Crippen MR) is 56.8 cm³/mol. The average molecular weight is 189 g/mol. The molecule has 1 aromatic heterocycles. The molecule has 1 aliphatic rings. The van der Waals surface area contributed by atoms with Crippen molar-refractivity contribution in [3.8, 4) is 0 Å². The summed E-state index contributed by atoms with van der Waals surface area (Å²) in [6, 6.07) is 4.09. The maximum atomic E-state index is 9.50. The molecule has 0 bridgehead atoms. The van der Waals surface area contributed by atoms with Crippen molar-refractivity contribution in [2.45, 2.75) is 32.3 Å². The van der Waals surface area contributed by atoms with E-state index in [1.165, 1.54) is 5.57 Å². The van der Waals surface area contributed by atoms with Gasteiger partial charge in [0.15, 0.2) is 0 Å². The van der Waals surface area contributed by atoms with Gasteiger partial charge in [0.05, 0.1) is 6.10 Å². The summed E-state index contributed by atoms with van der Waals surface area (Å²) < 4.78 is 0. The largest absolute Gasteiger partial charge is 0.389 e. The SMILES string of the molecule is Cc1ccc(C2=CC(O)CCC2)cn1. The molecule has 0 aliphatic heterocycles. The normalized spacial score (nSPS) is 21.9. The van der Waals surface area contributed by atoms with E-state index in [-0.39, 0.29) is 6.10 Å². The van der Waals surface area contributed by atoms with Gasteiger partial charge in [0, 0.05) is 11.9 Å². The monoisotopic (exact) mass is 189 g/mol. The van der Waals surface area contributed by atoms with Gasteiger partial charge in [0.1, 0.15) is 0 Å². The van der Waals surface area contributed by atoms with Gasteiger partial charge in [0.25, 0.3) is 0 Å².